The summed E-state index contributed by atoms with van der Waals surface area (Å²) in [5.74, 6) is 0.498. The molecule has 0 fully saturated rings. The largest absolute Gasteiger partial charge is 0.323 e. The van der Waals surface area contributed by atoms with Crippen LogP contribution < -0.4 is 10.6 Å². The molecule has 0 saturated carbocycles. The van der Waals surface area contributed by atoms with Crippen molar-refractivity contribution in [1.29, 1.82) is 0 Å². The number of aromatic nitrogens is 1. The molecular formula is C17H21N3O. The van der Waals surface area contributed by atoms with E-state index < -0.39 is 0 Å². The fourth-order valence-electron chi connectivity index (χ4n) is 2.25. The molecule has 4 nitrogen and oxygen atoms in total. The molecule has 21 heavy (non-hydrogen) atoms. The second-order valence-electron chi connectivity index (χ2n) is 5.14. The Labute approximate surface area is 125 Å². The number of nitrogens with zero attached hydrogens (tertiary/aromatic N) is 1. The summed E-state index contributed by atoms with van der Waals surface area (Å²) < 4.78 is 0. The highest BCUT2D eigenvalue weighted by Crippen LogP contribution is 2.23. The topological polar surface area (TPSA) is 54.0 Å². The van der Waals surface area contributed by atoms with Crippen molar-refractivity contribution in [3.8, 4) is 0 Å². The van der Waals surface area contributed by atoms with Gasteiger partial charge in [0.15, 0.2) is 0 Å². The van der Waals surface area contributed by atoms with Crippen LogP contribution in [0.25, 0.3) is 0 Å². The second kappa shape index (κ2) is 7.43. The van der Waals surface area contributed by atoms with Crippen molar-refractivity contribution in [2.75, 3.05) is 10.6 Å². The minimum Gasteiger partial charge on any atom is -0.308 e. The van der Waals surface area contributed by atoms with Gasteiger partial charge in [-0.1, -0.05) is 32.4 Å². The Morgan fingerprint density at radius 1 is 1.19 bits per heavy atom. The van der Waals surface area contributed by atoms with Gasteiger partial charge in [-0.15, -0.1) is 0 Å². The maximum Gasteiger partial charge on any atom is 0.323 e. The third-order valence-corrected chi connectivity index (χ3v) is 3.35. The zero-order valence-corrected chi connectivity index (χ0v) is 12.5. The van der Waals surface area contributed by atoms with Gasteiger partial charge in [-0.3, -0.25) is 4.98 Å². The summed E-state index contributed by atoms with van der Waals surface area (Å²) >= 11 is 0. The summed E-state index contributed by atoms with van der Waals surface area (Å²) in [7, 11) is 0. The van der Waals surface area contributed by atoms with E-state index in [1.165, 1.54) is 5.56 Å². The van der Waals surface area contributed by atoms with Crippen molar-refractivity contribution in [1.82, 2.24) is 4.98 Å². The molecule has 0 radical (unpaired) electrons. The number of hydrogen-bond donors (Lipinski definition) is 2. The third kappa shape index (κ3) is 4.60. The Morgan fingerprint density at radius 2 is 1.95 bits per heavy atom. The standard InChI is InChI=1S/C17H21N3O/c1-3-6-13(2)14-7-4-8-15(11-14)19-17(21)20-16-9-5-10-18-12-16/h4-5,7-13H,3,6H2,1-2H3,(H2,19,20,21). The molecular weight excluding hydrogens is 262 g/mol. The van der Waals surface area contributed by atoms with Crippen LogP contribution in [-0.2, 0) is 0 Å². The van der Waals surface area contributed by atoms with E-state index in [1.807, 2.05) is 18.2 Å². The molecule has 1 unspecified atom stereocenters. The average Bonchev–Trinajstić information content (AvgIpc) is 2.48. The van der Waals surface area contributed by atoms with Crippen LogP contribution in [0.4, 0.5) is 16.2 Å². The van der Waals surface area contributed by atoms with E-state index in [4.69, 9.17) is 0 Å². The van der Waals surface area contributed by atoms with Gasteiger partial charge in [0, 0.05) is 11.9 Å². The van der Waals surface area contributed by atoms with Crippen molar-refractivity contribution >= 4 is 17.4 Å². The number of benzene rings is 1. The molecule has 110 valence electrons. The van der Waals surface area contributed by atoms with Crippen LogP contribution in [0.5, 0.6) is 0 Å². The molecule has 2 N–H and O–H groups in total. The third-order valence-electron chi connectivity index (χ3n) is 3.35. The minimum atomic E-state index is -0.261. The van der Waals surface area contributed by atoms with Crippen molar-refractivity contribution < 1.29 is 4.79 Å². The van der Waals surface area contributed by atoms with Crippen LogP contribution in [0.15, 0.2) is 48.8 Å². The Morgan fingerprint density at radius 3 is 2.67 bits per heavy atom. The molecule has 2 aromatic rings. The monoisotopic (exact) mass is 283 g/mol. The number of rotatable bonds is 5. The smallest absolute Gasteiger partial charge is 0.308 e. The van der Waals surface area contributed by atoms with Gasteiger partial charge >= 0.3 is 6.03 Å². The lowest BCUT2D eigenvalue weighted by Gasteiger charge is -2.13. The number of nitrogens with one attached hydrogen (secondary N) is 2. The summed E-state index contributed by atoms with van der Waals surface area (Å²) in [6.07, 6.45) is 5.58. The molecule has 1 atom stereocenters. The van der Waals surface area contributed by atoms with E-state index in [0.717, 1.165) is 18.5 Å². The summed E-state index contributed by atoms with van der Waals surface area (Å²) in [6.45, 7) is 4.39. The second-order valence-corrected chi connectivity index (χ2v) is 5.14. The SMILES string of the molecule is CCCC(C)c1cccc(NC(=O)Nc2cccnc2)c1. The van der Waals surface area contributed by atoms with Gasteiger partial charge in [-0.2, -0.15) is 0 Å². The summed E-state index contributed by atoms with van der Waals surface area (Å²) in [6, 6.07) is 11.3. The summed E-state index contributed by atoms with van der Waals surface area (Å²) in [5, 5.41) is 5.60. The molecule has 0 aliphatic heterocycles. The van der Waals surface area contributed by atoms with Crippen LogP contribution in [0.2, 0.25) is 0 Å². The molecule has 1 heterocycles. The maximum absolute atomic E-state index is 11.9. The minimum absolute atomic E-state index is 0.261. The van der Waals surface area contributed by atoms with Gasteiger partial charge in [-0.05, 0) is 42.2 Å². The van der Waals surface area contributed by atoms with Gasteiger partial charge in [0.2, 0.25) is 0 Å². The van der Waals surface area contributed by atoms with Crippen molar-refractivity contribution in [3.63, 3.8) is 0 Å². The molecule has 0 spiro atoms. The predicted molar refractivity (Wildman–Crippen MR) is 86.6 cm³/mol. The Kier molecular flexibility index (Phi) is 5.32. The van der Waals surface area contributed by atoms with Gasteiger partial charge in [-0.25, -0.2) is 4.79 Å². The normalized spacial score (nSPS) is 11.7. The van der Waals surface area contributed by atoms with Crippen molar-refractivity contribution in [3.05, 3.63) is 54.4 Å². The van der Waals surface area contributed by atoms with Gasteiger partial charge in [0.05, 0.1) is 11.9 Å². The number of amides is 2. The Balaban J connectivity index is 1.99. The van der Waals surface area contributed by atoms with Gasteiger partial charge in [0.25, 0.3) is 0 Å². The number of anilines is 2. The van der Waals surface area contributed by atoms with E-state index in [1.54, 1.807) is 24.5 Å². The first-order valence-electron chi connectivity index (χ1n) is 7.27. The molecule has 0 aliphatic carbocycles. The number of carbonyl (C=O) groups is 1. The average molecular weight is 283 g/mol. The zero-order valence-electron chi connectivity index (χ0n) is 12.5. The zero-order chi connectivity index (χ0) is 15.1. The lowest BCUT2D eigenvalue weighted by Crippen LogP contribution is -2.19. The van der Waals surface area contributed by atoms with E-state index in [-0.39, 0.29) is 6.03 Å². The molecule has 1 aromatic heterocycles. The van der Waals surface area contributed by atoms with Crippen LogP contribution in [-0.4, -0.2) is 11.0 Å². The number of hydrogen-bond acceptors (Lipinski definition) is 2. The van der Waals surface area contributed by atoms with Crippen LogP contribution in [0, 0.1) is 0 Å². The molecule has 0 aliphatic rings. The first kappa shape index (κ1) is 15.0. The number of urea groups is 1. The first-order chi connectivity index (χ1) is 10.2. The lowest BCUT2D eigenvalue weighted by atomic mass is 9.96. The van der Waals surface area contributed by atoms with Gasteiger partial charge in [0.1, 0.15) is 0 Å². The predicted octanol–water partition coefficient (Wildman–Crippen LogP) is 4.63. The van der Waals surface area contributed by atoms with E-state index >= 15 is 0 Å². The van der Waals surface area contributed by atoms with E-state index in [0.29, 0.717) is 11.6 Å². The molecule has 2 rings (SSSR count). The molecule has 1 aromatic carbocycles. The number of pyridine rings is 1. The summed E-state index contributed by atoms with van der Waals surface area (Å²) in [5.41, 5.74) is 2.72. The van der Waals surface area contributed by atoms with Crippen molar-refractivity contribution in [2.24, 2.45) is 0 Å². The fourth-order valence-corrected chi connectivity index (χ4v) is 2.25. The molecule has 0 bridgehead atoms. The van der Waals surface area contributed by atoms with Crippen LogP contribution in [0.3, 0.4) is 0 Å². The van der Waals surface area contributed by atoms with Crippen molar-refractivity contribution in [2.45, 2.75) is 32.6 Å². The van der Waals surface area contributed by atoms with Gasteiger partial charge < -0.3 is 10.6 Å². The molecule has 4 heteroatoms. The van der Waals surface area contributed by atoms with E-state index in [9.17, 15) is 4.79 Å². The molecule has 2 amide bonds. The number of carbonyl (C=O) groups excluding carboxylic acids is 1. The Bertz CT molecular complexity index is 584. The highest BCUT2D eigenvalue weighted by Gasteiger charge is 2.07. The van der Waals surface area contributed by atoms with Crippen LogP contribution in [0.1, 0.15) is 38.2 Å². The summed E-state index contributed by atoms with van der Waals surface area (Å²) in [4.78, 5) is 15.9. The first-order valence-corrected chi connectivity index (χ1v) is 7.27. The lowest BCUT2D eigenvalue weighted by molar-refractivity contribution is 0.262. The quantitative estimate of drug-likeness (QED) is 0.840. The molecule has 0 saturated heterocycles. The fraction of sp³-hybridized carbons (Fsp3) is 0.294. The van der Waals surface area contributed by atoms with E-state index in [2.05, 4.69) is 35.5 Å². The highest BCUT2D eigenvalue weighted by atomic mass is 16.2. The Hall–Kier alpha value is -2.36. The maximum atomic E-state index is 11.9. The highest BCUT2D eigenvalue weighted by molar-refractivity contribution is 5.99. The van der Waals surface area contributed by atoms with Crippen LogP contribution >= 0.6 is 0 Å².